The standard InChI is InChI=1S/C15H18O2Si/c18-17-12-16-11-15(13-7-3-1-4-8-13)14-9-5-2-6-10-14/h1-10,15H,11-12H2,18H3. The molecule has 0 unspecified atom stereocenters. The smallest absolute Gasteiger partial charge is 0.149 e. The van der Waals surface area contributed by atoms with Crippen LogP contribution in [0.15, 0.2) is 60.7 Å². The van der Waals surface area contributed by atoms with Gasteiger partial charge in [0.05, 0.1) is 6.61 Å². The van der Waals surface area contributed by atoms with E-state index in [1.165, 1.54) is 11.1 Å². The highest BCUT2D eigenvalue weighted by molar-refractivity contribution is 5.97. The summed E-state index contributed by atoms with van der Waals surface area (Å²) >= 11 is 0. The van der Waals surface area contributed by atoms with Gasteiger partial charge in [-0.25, -0.2) is 0 Å². The lowest BCUT2D eigenvalue weighted by Crippen LogP contribution is -2.11. The fraction of sp³-hybridized carbons (Fsp3) is 0.200. The van der Waals surface area contributed by atoms with Crippen LogP contribution in [0.1, 0.15) is 17.0 Å². The predicted octanol–water partition coefficient (Wildman–Crippen LogP) is 2.09. The molecule has 0 aliphatic rings. The molecule has 0 aromatic heterocycles. The Morgan fingerprint density at radius 2 is 1.33 bits per heavy atom. The zero-order valence-electron chi connectivity index (χ0n) is 10.6. The molecule has 0 fully saturated rings. The molecule has 0 radical (unpaired) electrons. The van der Waals surface area contributed by atoms with Crippen LogP contribution in [0.25, 0.3) is 0 Å². The van der Waals surface area contributed by atoms with E-state index in [1.54, 1.807) is 0 Å². The van der Waals surface area contributed by atoms with Crippen molar-refractivity contribution in [3.8, 4) is 0 Å². The Bertz CT molecular complexity index is 405. The maximum absolute atomic E-state index is 5.57. The van der Waals surface area contributed by atoms with Gasteiger partial charge >= 0.3 is 0 Å². The van der Waals surface area contributed by atoms with Crippen molar-refractivity contribution in [1.82, 2.24) is 0 Å². The quantitative estimate of drug-likeness (QED) is 0.449. The van der Waals surface area contributed by atoms with Gasteiger partial charge < -0.3 is 9.16 Å². The van der Waals surface area contributed by atoms with Gasteiger partial charge in [0.15, 0.2) is 0 Å². The summed E-state index contributed by atoms with van der Waals surface area (Å²) in [6.07, 6.45) is 0. The summed E-state index contributed by atoms with van der Waals surface area (Å²) < 4.78 is 10.6. The van der Waals surface area contributed by atoms with Gasteiger partial charge in [-0.1, -0.05) is 60.7 Å². The lowest BCUT2D eigenvalue weighted by Gasteiger charge is -2.18. The summed E-state index contributed by atoms with van der Waals surface area (Å²) in [5.41, 5.74) is 2.55. The zero-order chi connectivity index (χ0) is 12.6. The lowest BCUT2D eigenvalue weighted by atomic mass is 9.92. The molecular formula is C15H18O2Si. The molecule has 0 N–H and O–H groups in total. The van der Waals surface area contributed by atoms with Gasteiger partial charge in [0.1, 0.15) is 17.3 Å². The van der Waals surface area contributed by atoms with Crippen LogP contribution in [0.2, 0.25) is 0 Å². The number of hydrogen-bond donors (Lipinski definition) is 0. The Balaban J connectivity index is 2.18. The molecule has 94 valence electrons. The Labute approximate surface area is 111 Å². The summed E-state index contributed by atoms with van der Waals surface area (Å²) in [7, 11) is 0.714. The monoisotopic (exact) mass is 258 g/mol. The fourth-order valence-corrected chi connectivity index (χ4v) is 2.17. The summed E-state index contributed by atoms with van der Waals surface area (Å²) in [5.74, 6) is 0.268. The third kappa shape index (κ3) is 3.53. The number of ether oxygens (including phenoxy) is 1. The average Bonchev–Trinajstić information content (AvgIpc) is 2.46. The molecule has 0 atom stereocenters. The van der Waals surface area contributed by atoms with Crippen molar-refractivity contribution in [2.45, 2.75) is 5.92 Å². The molecule has 2 aromatic carbocycles. The molecule has 18 heavy (non-hydrogen) atoms. The molecule has 2 aromatic rings. The second-order valence-corrected chi connectivity index (χ2v) is 4.73. The molecule has 2 nitrogen and oxygen atoms in total. The maximum atomic E-state index is 5.57. The Hall–Kier alpha value is -1.42. The largest absolute Gasteiger partial charge is 0.406 e. The van der Waals surface area contributed by atoms with E-state index in [-0.39, 0.29) is 5.92 Å². The number of benzene rings is 2. The first kappa shape index (κ1) is 13.0. The first-order valence-corrected chi connectivity index (χ1v) is 6.90. The van der Waals surface area contributed by atoms with E-state index < -0.39 is 0 Å². The van der Waals surface area contributed by atoms with Crippen LogP contribution in [0.5, 0.6) is 0 Å². The van der Waals surface area contributed by atoms with E-state index in [0.29, 0.717) is 23.9 Å². The van der Waals surface area contributed by atoms with Crippen molar-refractivity contribution in [2.75, 3.05) is 13.4 Å². The van der Waals surface area contributed by atoms with Crippen LogP contribution >= 0.6 is 0 Å². The van der Waals surface area contributed by atoms with Gasteiger partial charge in [0, 0.05) is 5.92 Å². The van der Waals surface area contributed by atoms with Crippen molar-refractivity contribution in [1.29, 1.82) is 0 Å². The van der Waals surface area contributed by atoms with Crippen LogP contribution in [-0.2, 0) is 9.16 Å². The average molecular weight is 258 g/mol. The number of rotatable bonds is 6. The van der Waals surface area contributed by atoms with Crippen molar-refractivity contribution < 1.29 is 9.16 Å². The topological polar surface area (TPSA) is 18.5 Å². The second kappa shape index (κ2) is 7.11. The molecule has 0 saturated carbocycles. The molecule has 0 aliphatic carbocycles. The van der Waals surface area contributed by atoms with Crippen LogP contribution in [0.3, 0.4) is 0 Å². The Morgan fingerprint density at radius 1 is 0.833 bits per heavy atom. The van der Waals surface area contributed by atoms with E-state index in [4.69, 9.17) is 9.16 Å². The first-order valence-electron chi connectivity index (χ1n) is 6.08. The van der Waals surface area contributed by atoms with Gasteiger partial charge in [0.2, 0.25) is 0 Å². The minimum absolute atomic E-state index is 0.268. The van der Waals surface area contributed by atoms with E-state index >= 15 is 0 Å². The van der Waals surface area contributed by atoms with E-state index in [9.17, 15) is 0 Å². The molecule has 2 rings (SSSR count). The minimum Gasteiger partial charge on any atom is -0.406 e. The second-order valence-electron chi connectivity index (χ2n) is 4.15. The third-order valence-electron chi connectivity index (χ3n) is 2.89. The van der Waals surface area contributed by atoms with Crippen LogP contribution in [0.4, 0.5) is 0 Å². The van der Waals surface area contributed by atoms with E-state index in [2.05, 4.69) is 48.5 Å². The summed E-state index contributed by atoms with van der Waals surface area (Å²) in [6, 6.07) is 20.9. The summed E-state index contributed by atoms with van der Waals surface area (Å²) in [6.45, 7) is 1.04. The number of hydrogen-bond acceptors (Lipinski definition) is 2. The van der Waals surface area contributed by atoms with Crippen molar-refractivity contribution in [3.05, 3.63) is 71.8 Å². The molecule has 0 amide bonds. The highest BCUT2D eigenvalue weighted by atomic mass is 28.2. The van der Waals surface area contributed by atoms with Crippen LogP contribution in [-0.4, -0.2) is 23.9 Å². The normalized spacial score (nSPS) is 10.9. The SMILES string of the molecule is [SiH3]OCOCC(c1ccccc1)c1ccccc1. The fourth-order valence-electron chi connectivity index (χ4n) is 2.00. The Kier molecular flexibility index (Phi) is 5.14. The van der Waals surface area contributed by atoms with Gasteiger partial charge in [-0.05, 0) is 11.1 Å². The van der Waals surface area contributed by atoms with Crippen molar-refractivity contribution in [3.63, 3.8) is 0 Å². The Morgan fingerprint density at radius 3 is 1.78 bits per heavy atom. The van der Waals surface area contributed by atoms with Gasteiger partial charge in [-0.15, -0.1) is 0 Å². The van der Waals surface area contributed by atoms with Gasteiger partial charge in [0.25, 0.3) is 0 Å². The van der Waals surface area contributed by atoms with Crippen molar-refractivity contribution in [2.24, 2.45) is 0 Å². The molecule has 0 heterocycles. The molecule has 0 aliphatic heterocycles. The molecular weight excluding hydrogens is 240 g/mol. The summed E-state index contributed by atoms with van der Waals surface area (Å²) in [4.78, 5) is 0. The first-order chi connectivity index (χ1) is 8.92. The van der Waals surface area contributed by atoms with Crippen LogP contribution < -0.4 is 0 Å². The maximum Gasteiger partial charge on any atom is 0.149 e. The lowest BCUT2D eigenvalue weighted by molar-refractivity contribution is 0.0167. The minimum atomic E-state index is 0.268. The van der Waals surface area contributed by atoms with Crippen molar-refractivity contribution >= 4 is 10.5 Å². The summed E-state index contributed by atoms with van der Waals surface area (Å²) in [5, 5.41) is 0. The van der Waals surface area contributed by atoms with E-state index in [1.807, 2.05) is 12.1 Å². The predicted molar refractivity (Wildman–Crippen MR) is 76.6 cm³/mol. The van der Waals surface area contributed by atoms with Crippen LogP contribution in [0, 0.1) is 0 Å². The van der Waals surface area contributed by atoms with Gasteiger partial charge in [-0.3, -0.25) is 0 Å². The molecule has 0 bridgehead atoms. The molecule has 3 heteroatoms. The molecule has 0 saturated heterocycles. The molecule has 0 spiro atoms. The van der Waals surface area contributed by atoms with Gasteiger partial charge in [-0.2, -0.15) is 0 Å². The highest BCUT2D eigenvalue weighted by Gasteiger charge is 2.13. The van der Waals surface area contributed by atoms with E-state index in [0.717, 1.165) is 0 Å². The zero-order valence-corrected chi connectivity index (χ0v) is 12.6. The third-order valence-corrected chi connectivity index (χ3v) is 3.13. The highest BCUT2D eigenvalue weighted by Crippen LogP contribution is 2.24.